The minimum Gasteiger partial charge on any atom is -0.301 e. The second-order valence-electron chi connectivity index (χ2n) is 4.25. The zero-order valence-electron chi connectivity index (χ0n) is 9.18. The fourth-order valence-electron chi connectivity index (χ4n) is 2.17. The Bertz CT molecular complexity index is 447. The normalized spacial score (nSPS) is 24.0. The van der Waals surface area contributed by atoms with Gasteiger partial charge in [0.1, 0.15) is 5.82 Å². The van der Waals surface area contributed by atoms with Crippen LogP contribution in [0, 0.1) is 5.82 Å². The molecule has 0 saturated heterocycles. The molecule has 0 spiro atoms. The highest BCUT2D eigenvalue weighted by Gasteiger charge is 2.29. The number of rotatable bonds is 1. The number of Topliss-reactive ketones (excluding diaryl/α,β-unsaturated/α-hetero) is 1. The zero-order valence-corrected chi connectivity index (χ0v) is 10.8. The summed E-state index contributed by atoms with van der Waals surface area (Å²) in [5, 5.41) is 3.19. The van der Waals surface area contributed by atoms with Crippen LogP contribution < -0.4 is 5.32 Å². The highest BCUT2D eigenvalue weighted by atomic mass is 79.9. The van der Waals surface area contributed by atoms with Gasteiger partial charge in [-0.15, -0.1) is 0 Å². The quantitative estimate of drug-likeness (QED) is 0.860. The minimum absolute atomic E-state index is 0.0131. The van der Waals surface area contributed by atoms with Crippen molar-refractivity contribution in [1.29, 1.82) is 0 Å². The lowest BCUT2D eigenvalue weighted by Gasteiger charge is -2.30. The Hall–Kier alpha value is -0.740. The van der Waals surface area contributed by atoms with Crippen LogP contribution in [0.15, 0.2) is 16.6 Å². The van der Waals surface area contributed by atoms with Crippen molar-refractivity contribution in [2.45, 2.75) is 32.4 Å². The predicted octanol–water partition coefficient (Wildman–Crippen LogP) is 2.75. The minimum atomic E-state index is -0.399. The standard InChI is InChI=1S/C12H13BrFNO/c1-6-5-8-3-4-9(14)11(13)10(8)12(15-6)7(2)16/h3-4,6,12,15H,5H2,1-2H3. The summed E-state index contributed by atoms with van der Waals surface area (Å²) in [6, 6.07) is 3.04. The van der Waals surface area contributed by atoms with Crippen LogP contribution in [-0.2, 0) is 11.2 Å². The lowest BCUT2D eigenvalue weighted by atomic mass is 9.89. The maximum absolute atomic E-state index is 13.5. The Balaban J connectivity index is 2.58. The predicted molar refractivity (Wildman–Crippen MR) is 63.8 cm³/mol. The smallest absolute Gasteiger partial charge is 0.151 e. The molecule has 0 bridgehead atoms. The molecule has 1 N–H and O–H groups in total. The summed E-state index contributed by atoms with van der Waals surface area (Å²) in [6.45, 7) is 3.55. The molecular formula is C12H13BrFNO. The molecule has 1 aromatic carbocycles. The van der Waals surface area contributed by atoms with Crippen molar-refractivity contribution in [1.82, 2.24) is 5.32 Å². The zero-order chi connectivity index (χ0) is 11.9. The lowest BCUT2D eigenvalue weighted by Crippen LogP contribution is -2.40. The summed E-state index contributed by atoms with van der Waals surface area (Å²) >= 11 is 3.23. The molecule has 0 aliphatic carbocycles. The number of fused-ring (bicyclic) bond motifs is 1. The Kier molecular flexibility index (Phi) is 3.13. The molecule has 0 radical (unpaired) electrons. The molecule has 1 heterocycles. The van der Waals surface area contributed by atoms with Gasteiger partial charge in [-0.2, -0.15) is 0 Å². The van der Waals surface area contributed by atoms with Crippen molar-refractivity contribution in [3.8, 4) is 0 Å². The number of hydrogen-bond donors (Lipinski definition) is 1. The fourth-order valence-corrected chi connectivity index (χ4v) is 2.79. The van der Waals surface area contributed by atoms with E-state index in [1.54, 1.807) is 6.07 Å². The van der Waals surface area contributed by atoms with Gasteiger partial charge >= 0.3 is 0 Å². The molecule has 16 heavy (non-hydrogen) atoms. The van der Waals surface area contributed by atoms with E-state index in [1.807, 2.05) is 6.92 Å². The third kappa shape index (κ3) is 1.92. The van der Waals surface area contributed by atoms with Crippen molar-refractivity contribution >= 4 is 21.7 Å². The van der Waals surface area contributed by atoms with Gasteiger partial charge in [0.2, 0.25) is 0 Å². The first-order valence-corrected chi connectivity index (χ1v) is 6.03. The van der Waals surface area contributed by atoms with E-state index >= 15 is 0 Å². The van der Waals surface area contributed by atoms with Crippen molar-refractivity contribution in [2.24, 2.45) is 0 Å². The number of hydrogen-bond acceptors (Lipinski definition) is 2. The summed E-state index contributed by atoms with van der Waals surface area (Å²) in [7, 11) is 0. The summed E-state index contributed by atoms with van der Waals surface area (Å²) in [4.78, 5) is 11.6. The molecular weight excluding hydrogens is 273 g/mol. The molecule has 4 heteroatoms. The van der Waals surface area contributed by atoms with Crippen LogP contribution in [0.25, 0.3) is 0 Å². The Morgan fingerprint density at radius 3 is 2.88 bits per heavy atom. The SMILES string of the molecule is CC(=O)C1NC(C)Cc2ccc(F)c(Br)c21. The number of carbonyl (C=O) groups is 1. The van der Waals surface area contributed by atoms with E-state index in [-0.39, 0.29) is 17.6 Å². The summed E-state index contributed by atoms with van der Waals surface area (Å²) < 4.78 is 13.9. The second kappa shape index (κ2) is 4.26. The summed E-state index contributed by atoms with van der Waals surface area (Å²) in [6.07, 6.45) is 0.817. The molecule has 0 aromatic heterocycles. The number of benzene rings is 1. The van der Waals surface area contributed by atoms with Crippen LogP contribution >= 0.6 is 15.9 Å². The van der Waals surface area contributed by atoms with Gasteiger partial charge in [-0.25, -0.2) is 4.39 Å². The second-order valence-corrected chi connectivity index (χ2v) is 5.04. The van der Waals surface area contributed by atoms with Crippen LogP contribution in [0.1, 0.15) is 31.0 Å². The monoisotopic (exact) mass is 285 g/mol. The molecule has 2 rings (SSSR count). The largest absolute Gasteiger partial charge is 0.301 e. The molecule has 1 aliphatic rings. The first-order valence-electron chi connectivity index (χ1n) is 5.24. The molecule has 1 aliphatic heterocycles. The van der Waals surface area contributed by atoms with Gasteiger partial charge in [0.25, 0.3) is 0 Å². The van der Waals surface area contributed by atoms with Crippen molar-refractivity contribution in [3.05, 3.63) is 33.5 Å². The van der Waals surface area contributed by atoms with Crippen LogP contribution in [0.5, 0.6) is 0 Å². The van der Waals surface area contributed by atoms with Gasteiger partial charge in [0.15, 0.2) is 5.78 Å². The topological polar surface area (TPSA) is 29.1 Å². The number of nitrogens with one attached hydrogen (secondary N) is 1. The van der Waals surface area contributed by atoms with E-state index < -0.39 is 6.04 Å². The number of halogens is 2. The van der Waals surface area contributed by atoms with Crippen molar-refractivity contribution < 1.29 is 9.18 Å². The first kappa shape index (κ1) is 11.7. The van der Waals surface area contributed by atoms with E-state index in [0.717, 1.165) is 17.5 Å². The molecule has 0 amide bonds. The lowest BCUT2D eigenvalue weighted by molar-refractivity contribution is -0.119. The van der Waals surface area contributed by atoms with E-state index in [4.69, 9.17) is 0 Å². The van der Waals surface area contributed by atoms with Crippen molar-refractivity contribution in [2.75, 3.05) is 0 Å². The fraction of sp³-hybridized carbons (Fsp3) is 0.417. The van der Waals surface area contributed by atoms with Crippen LogP contribution in [0.2, 0.25) is 0 Å². The number of ketones is 1. The van der Waals surface area contributed by atoms with Crippen LogP contribution in [0.4, 0.5) is 4.39 Å². The van der Waals surface area contributed by atoms with Gasteiger partial charge in [-0.05, 0) is 53.4 Å². The molecule has 2 unspecified atom stereocenters. The van der Waals surface area contributed by atoms with Crippen molar-refractivity contribution in [3.63, 3.8) is 0 Å². The summed E-state index contributed by atoms with van der Waals surface area (Å²) in [5.74, 6) is -0.305. The average molecular weight is 286 g/mol. The van der Waals surface area contributed by atoms with Gasteiger partial charge < -0.3 is 5.32 Å². The molecule has 1 aromatic rings. The molecule has 0 fully saturated rings. The van der Waals surface area contributed by atoms with Gasteiger partial charge in [-0.3, -0.25) is 4.79 Å². The van der Waals surface area contributed by atoms with E-state index in [2.05, 4.69) is 21.2 Å². The Morgan fingerprint density at radius 2 is 2.25 bits per heavy atom. The molecule has 0 saturated carbocycles. The Morgan fingerprint density at radius 1 is 1.56 bits per heavy atom. The molecule has 86 valence electrons. The average Bonchev–Trinajstić information content (AvgIpc) is 2.22. The van der Waals surface area contributed by atoms with Gasteiger partial charge in [0.05, 0.1) is 10.5 Å². The van der Waals surface area contributed by atoms with Crippen LogP contribution in [-0.4, -0.2) is 11.8 Å². The maximum atomic E-state index is 13.5. The van der Waals surface area contributed by atoms with Gasteiger partial charge in [-0.1, -0.05) is 6.07 Å². The summed E-state index contributed by atoms with van der Waals surface area (Å²) in [5.41, 5.74) is 1.80. The molecule has 2 nitrogen and oxygen atoms in total. The van der Waals surface area contributed by atoms with Crippen LogP contribution in [0.3, 0.4) is 0 Å². The van der Waals surface area contributed by atoms with E-state index in [1.165, 1.54) is 13.0 Å². The first-order chi connectivity index (χ1) is 7.50. The third-order valence-electron chi connectivity index (χ3n) is 2.90. The third-order valence-corrected chi connectivity index (χ3v) is 3.70. The van der Waals surface area contributed by atoms with Gasteiger partial charge in [0, 0.05) is 6.04 Å². The van der Waals surface area contributed by atoms with E-state index in [0.29, 0.717) is 4.47 Å². The maximum Gasteiger partial charge on any atom is 0.151 e. The highest BCUT2D eigenvalue weighted by molar-refractivity contribution is 9.10. The molecule has 2 atom stereocenters. The Labute approximate surface area is 102 Å². The van der Waals surface area contributed by atoms with E-state index in [9.17, 15) is 9.18 Å². The highest BCUT2D eigenvalue weighted by Crippen LogP contribution is 2.34. The number of carbonyl (C=O) groups excluding carboxylic acids is 1.